The first-order valence-electron chi connectivity index (χ1n) is 6.53. The largest absolute Gasteiger partial charge is 0.459 e. The van der Waals surface area contributed by atoms with Crippen molar-refractivity contribution in [3.05, 3.63) is 45.5 Å². The monoisotopic (exact) mass is 292 g/mol. The van der Waals surface area contributed by atoms with Gasteiger partial charge in [0.05, 0.1) is 12.3 Å². The summed E-state index contributed by atoms with van der Waals surface area (Å²) in [5.74, 6) is 0.235. The van der Waals surface area contributed by atoms with Crippen molar-refractivity contribution in [2.45, 2.75) is 19.9 Å². The van der Waals surface area contributed by atoms with Gasteiger partial charge in [0, 0.05) is 17.0 Å². The number of aryl methyl sites for hydroxylation is 2. The van der Waals surface area contributed by atoms with Crippen molar-refractivity contribution in [3.8, 4) is 0 Å². The lowest BCUT2D eigenvalue weighted by atomic mass is 10.1. The van der Waals surface area contributed by atoms with Crippen molar-refractivity contribution >= 4 is 17.2 Å². The number of nitrogens with one attached hydrogen (secondary N) is 1. The molecule has 1 atom stereocenters. The minimum absolute atomic E-state index is 0.159. The van der Waals surface area contributed by atoms with Crippen LogP contribution in [-0.4, -0.2) is 31.4 Å². The highest BCUT2D eigenvalue weighted by Gasteiger charge is 2.20. The minimum Gasteiger partial charge on any atom is -0.459 e. The lowest BCUT2D eigenvalue weighted by Crippen LogP contribution is -2.34. The van der Waals surface area contributed by atoms with E-state index in [2.05, 4.69) is 28.6 Å². The number of likely N-dealkylation sites (N-methyl/N-ethyl adjacent to an activating group) is 1. The molecule has 1 N–H and O–H groups in total. The molecule has 4 nitrogen and oxygen atoms in total. The number of carbonyl (C=O) groups is 1. The summed E-state index contributed by atoms with van der Waals surface area (Å²) >= 11 is 1.72. The van der Waals surface area contributed by atoms with Gasteiger partial charge in [-0.1, -0.05) is 0 Å². The Morgan fingerprint density at radius 3 is 2.60 bits per heavy atom. The van der Waals surface area contributed by atoms with E-state index in [1.165, 1.54) is 16.7 Å². The maximum atomic E-state index is 12.1. The van der Waals surface area contributed by atoms with E-state index < -0.39 is 0 Å². The van der Waals surface area contributed by atoms with E-state index >= 15 is 0 Å². The van der Waals surface area contributed by atoms with E-state index in [0.717, 1.165) is 5.56 Å². The third-order valence-corrected chi connectivity index (χ3v) is 4.47. The second-order valence-corrected chi connectivity index (χ2v) is 6.04. The summed E-state index contributed by atoms with van der Waals surface area (Å²) in [5.41, 5.74) is 2.12. The Morgan fingerprint density at radius 1 is 1.35 bits per heavy atom. The normalized spacial score (nSPS) is 12.7. The summed E-state index contributed by atoms with van der Waals surface area (Å²) in [6, 6.07) is 4.07. The van der Waals surface area contributed by atoms with E-state index in [9.17, 15) is 4.79 Å². The number of hydrogen-bond acceptors (Lipinski definition) is 4. The Bertz CT molecular complexity index is 586. The number of hydrogen-bond donors (Lipinski definition) is 1. The molecule has 0 aliphatic rings. The van der Waals surface area contributed by atoms with Crippen molar-refractivity contribution < 1.29 is 9.21 Å². The van der Waals surface area contributed by atoms with E-state index in [1.807, 2.05) is 21.0 Å². The quantitative estimate of drug-likeness (QED) is 0.921. The highest BCUT2D eigenvalue weighted by Crippen LogP contribution is 2.26. The molecule has 20 heavy (non-hydrogen) atoms. The first-order valence-corrected chi connectivity index (χ1v) is 7.41. The fourth-order valence-electron chi connectivity index (χ4n) is 2.11. The molecule has 0 saturated carbocycles. The Labute approximate surface area is 123 Å². The van der Waals surface area contributed by atoms with Gasteiger partial charge in [0.2, 0.25) is 0 Å². The molecule has 5 heteroatoms. The topological polar surface area (TPSA) is 45.5 Å². The predicted octanol–water partition coefficient (Wildman–Crippen LogP) is 2.99. The highest BCUT2D eigenvalue weighted by atomic mass is 32.1. The molecular weight excluding hydrogens is 272 g/mol. The van der Waals surface area contributed by atoms with Crippen LogP contribution in [0.15, 0.2) is 28.2 Å². The molecule has 2 rings (SSSR count). The summed E-state index contributed by atoms with van der Waals surface area (Å²) in [6.45, 7) is 4.53. The van der Waals surface area contributed by atoms with Gasteiger partial charge in [0.1, 0.15) is 0 Å². The van der Waals surface area contributed by atoms with Gasteiger partial charge in [-0.25, -0.2) is 0 Å². The Kier molecular flexibility index (Phi) is 4.62. The Balaban J connectivity index is 2.06. The van der Waals surface area contributed by atoms with Crippen LogP contribution in [0.2, 0.25) is 0 Å². The van der Waals surface area contributed by atoms with Gasteiger partial charge in [-0.2, -0.15) is 0 Å². The van der Waals surface area contributed by atoms with Crippen molar-refractivity contribution in [1.82, 2.24) is 10.2 Å². The molecule has 2 aromatic heterocycles. The molecule has 0 unspecified atom stereocenters. The second-order valence-electron chi connectivity index (χ2n) is 5.09. The number of carbonyl (C=O) groups excluding carboxylic acids is 1. The zero-order chi connectivity index (χ0) is 14.7. The lowest BCUT2D eigenvalue weighted by molar-refractivity contribution is 0.0913. The van der Waals surface area contributed by atoms with Crippen LogP contribution in [0.4, 0.5) is 0 Å². The first kappa shape index (κ1) is 14.8. The third kappa shape index (κ3) is 3.11. The van der Waals surface area contributed by atoms with Gasteiger partial charge >= 0.3 is 0 Å². The van der Waals surface area contributed by atoms with Crippen LogP contribution >= 0.6 is 11.3 Å². The van der Waals surface area contributed by atoms with E-state index in [0.29, 0.717) is 12.3 Å². The molecule has 0 radical (unpaired) electrons. The van der Waals surface area contributed by atoms with Crippen LogP contribution in [0.25, 0.3) is 0 Å². The van der Waals surface area contributed by atoms with Gasteiger partial charge in [0.25, 0.3) is 5.91 Å². The van der Waals surface area contributed by atoms with Crippen molar-refractivity contribution in [2.75, 3.05) is 20.6 Å². The number of amides is 1. The minimum atomic E-state index is -0.159. The Hall–Kier alpha value is -1.59. The summed E-state index contributed by atoms with van der Waals surface area (Å²) in [6.07, 6.45) is 1.54. The average molecular weight is 292 g/mol. The van der Waals surface area contributed by atoms with Gasteiger partial charge in [-0.15, -0.1) is 11.3 Å². The third-order valence-electron chi connectivity index (χ3n) is 3.35. The summed E-state index contributed by atoms with van der Waals surface area (Å²) in [7, 11) is 4.04. The number of nitrogens with zero attached hydrogens (tertiary/aromatic N) is 1. The first-order chi connectivity index (χ1) is 9.50. The average Bonchev–Trinajstić information content (AvgIpc) is 2.98. The molecular formula is C15H20N2O2S. The molecule has 0 spiro atoms. The Morgan fingerprint density at radius 2 is 2.10 bits per heavy atom. The molecule has 1 amide bonds. The molecule has 2 aromatic rings. The van der Waals surface area contributed by atoms with Crippen molar-refractivity contribution in [1.29, 1.82) is 0 Å². The molecule has 0 aliphatic heterocycles. The zero-order valence-corrected chi connectivity index (χ0v) is 13.1. The molecule has 0 fully saturated rings. The SMILES string of the molecule is Cc1ccoc1C(=O)NC[C@@H](c1sccc1C)N(C)C. The molecule has 0 aromatic carbocycles. The molecule has 108 valence electrons. The van der Waals surface area contributed by atoms with E-state index in [1.54, 1.807) is 17.4 Å². The van der Waals surface area contributed by atoms with E-state index in [-0.39, 0.29) is 11.9 Å². The molecule has 0 bridgehead atoms. The summed E-state index contributed by atoms with van der Waals surface area (Å²) in [4.78, 5) is 15.5. The van der Waals surface area contributed by atoms with Crippen LogP contribution in [0.5, 0.6) is 0 Å². The second kappa shape index (κ2) is 6.24. The van der Waals surface area contributed by atoms with Crippen LogP contribution in [-0.2, 0) is 0 Å². The molecule has 2 heterocycles. The smallest absolute Gasteiger partial charge is 0.287 e. The standard InChI is InChI=1S/C15H20N2O2S/c1-10-5-7-19-13(10)15(18)16-9-12(17(3)4)14-11(2)6-8-20-14/h5-8,12H,9H2,1-4H3,(H,16,18)/t12-/m0/s1. The number of thiophene rings is 1. The lowest BCUT2D eigenvalue weighted by Gasteiger charge is -2.24. The van der Waals surface area contributed by atoms with Crippen molar-refractivity contribution in [2.24, 2.45) is 0 Å². The van der Waals surface area contributed by atoms with E-state index in [4.69, 9.17) is 4.42 Å². The van der Waals surface area contributed by atoms with Crippen LogP contribution in [0.3, 0.4) is 0 Å². The number of furan rings is 1. The molecule has 0 aliphatic carbocycles. The zero-order valence-electron chi connectivity index (χ0n) is 12.3. The predicted molar refractivity (Wildman–Crippen MR) is 81.3 cm³/mol. The number of rotatable bonds is 5. The van der Waals surface area contributed by atoms with Crippen molar-refractivity contribution in [3.63, 3.8) is 0 Å². The maximum absolute atomic E-state index is 12.1. The van der Waals surface area contributed by atoms with Gasteiger partial charge in [0.15, 0.2) is 5.76 Å². The summed E-state index contributed by atoms with van der Waals surface area (Å²) < 4.78 is 5.21. The summed E-state index contributed by atoms with van der Waals surface area (Å²) in [5, 5.41) is 5.04. The van der Waals surface area contributed by atoms with Gasteiger partial charge in [-0.3, -0.25) is 4.79 Å². The maximum Gasteiger partial charge on any atom is 0.287 e. The van der Waals surface area contributed by atoms with Crippen LogP contribution in [0, 0.1) is 13.8 Å². The molecule has 0 saturated heterocycles. The fraction of sp³-hybridized carbons (Fsp3) is 0.400. The van der Waals surface area contributed by atoms with Gasteiger partial charge < -0.3 is 14.6 Å². The highest BCUT2D eigenvalue weighted by molar-refractivity contribution is 7.10. The van der Waals surface area contributed by atoms with Crippen LogP contribution in [0.1, 0.15) is 32.6 Å². The fourth-order valence-corrected chi connectivity index (χ4v) is 3.23. The van der Waals surface area contributed by atoms with Gasteiger partial charge in [-0.05, 0) is 51.0 Å². The van der Waals surface area contributed by atoms with Crippen LogP contribution < -0.4 is 5.32 Å².